The molecule has 6 rings (SSSR count). The Kier molecular flexibility index (Phi) is 6.61. The monoisotopic (exact) mass is 506 g/mol. The predicted molar refractivity (Wildman–Crippen MR) is 134 cm³/mol. The van der Waals surface area contributed by atoms with E-state index in [0.717, 1.165) is 22.6 Å². The van der Waals surface area contributed by atoms with Crippen LogP contribution in [0.15, 0.2) is 72.9 Å². The normalized spacial score (nSPS) is 18.0. The van der Waals surface area contributed by atoms with Crippen LogP contribution in [-0.4, -0.2) is 33.3 Å². The maximum Gasteiger partial charge on any atom is 0.272 e. The summed E-state index contributed by atoms with van der Waals surface area (Å²) in [6.07, 6.45) is 2.57. The van der Waals surface area contributed by atoms with E-state index in [9.17, 15) is 9.18 Å². The van der Waals surface area contributed by atoms with Crippen molar-refractivity contribution >= 4 is 18.3 Å². The standard InChI is InChI=1S/C27H23FN4O3.ClH/c28-21-6-2-1-5-20(21)25-10-12-32-26(35-25)15-23(31-32)27(33)30-19-14-18-13-17(8-9-24(18)34-16-19)22-7-3-4-11-29-22;/h1-9,11,13,15,19,25H,10,12,14,16H2,(H,30,33);1H/t19-,25?;/m1./s1. The zero-order valence-corrected chi connectivity index (χ0v) is 20.1. The number of hydrogen-bond donors (Lipinski definition) is 1. The van der Waals surface area contributed by atoms with Crippen LogP contribution in [0.4, 0.5) is 4.39 Å². The van der Waals surface area contributed by atoms with Gasteiger partial charge in [0.2, 0.25) is 5.88 Å². The van der Waals surface area contributed by atoms with Crippen LogP contribution in [0, 0.1) is 5.82 Å². The largest absolute Gasteiger partial charge is 0.491 e. The molecular formula is C27H24ClFN4O3. The average Bonchev–Trinajstić information content (AvgIpc) is 3.33. The maximum absolute atomic E-state index is 14.2. The van der Waals surface area contributed by atoms with Crippen molar-refractivity contribution in [2.45, 2.75) is 31.5 Å². The Bertz CT molecular complexity index is 1400. The molecule has 2 aromatic carbocycles. The highest BCUT2D eigenvalue weighted by atomic mass is 35.5. The lowest BCUT2D eigenvalue weighted by atomic mass is 9.99. The first-order chi connectivity index (χ1) is 17.1. The van der Waals surface area contributed by atoms with Gasteiger partial charge in [0, 0.05) is 36.4 Å². The molecule has 4 heterocycles. The molecule has 36 heavy (non-hydrogen) atoms. The smallest absolute Gasteiger partial charge is 0.272 e. The summed E-state index contributed by atoms with van der Waals surface area (Å²) in [4.78, 5) is 17.4. The van der Waals surface area contributed by atoms with Gasteiger partial charge in [-0.25, -0.2) is 9.07 Å². The van der Waals surface area contributed by atoms with Gasteiger partial charge in [-0.2, -0.15) is 5.10 Å². The summed E-state index contributed by atoms with van der Waals surface area (Å²) in [7, 11) is 0. The molecule has 1 amide bonds. The summed E-state index contributed by atoms with van der Waals surface area (Å²) in [5.41, 5.74) is 3.68. The first-order valence-corrected chi connectivity index (χ1v) is 11.6. The van der Waals surface area contributed by atoms with Crippen LogP contribution in [0.5, 0.6) is 11.6 Å². The van der Waals surface area contributed by atoms with E-state index in [1.54, 1.807) is 35.1 Å². The molecule has 0 saturated heterocycles. The van der Waals surface area contributed by atoms with Crippen molar-refractivity contribution in [3.05, 3.63) is 95.6 Å². The van der Waals surface area contributed by atoms with Crippen LogP contribution < -0.4 is 14.8 Å². The third-order valence-corrected chi connectivity index (χ3v) is 6.36. The Balaban J connectivity index is 0.00000267. The lowest BCUT2D eigenvalue weighted by Crippen LogP contribution is -2.42. The fraction of sp³-hybridized carbons (Fsp3) is 0.222. The fourth-order valence-corrected chi connectivity index (χ4v) is 4.60. The number of aromatic nitrogens is 3. The number of rotatable bonds is 4. The van der Waals surface area contributed by atoms with E-state index in [2.05, 4.69) is 21.5 Å². The molecule has 9 heteroatoms. The SMILES string of the molecule is Cl.O=C(N[C@H]1COc2ccc(-c3ccccn3)cc2C1)c1cc2n(n1)CCC(c1ccccc1F)O2. The maximum atomic E-state index is 14.2. The molecule has 2 atom stereocenters. The number of carbonyl (C=O) groups is 1. The van der Waals surface area contributed by atoms with Crippen LogP contribution in [0.1, 0.15) is 34.1 Å². The van der Waals surface area contributed by atoms with Gasteiger partial charge in [-0.3, -0.25) is 9.78 Å². The summed E-state index contributed by atoms with van der Waals surface area (Å²) in [6, 6.07) is 19.8. The number of aryl methyl sites for hydroxylation is 1. The Morgan fingerprint density at radius 1 is 1.08 bits per heavy atom. The van der Waals surface area contributed by atoms with E-state index in [-0.39, 0.29) is 35.9 Å². The number of nitrogens with one attached hydrogen (secondary N) is 1. The van der Waals surface area contributed by atoms with Gasteiger partial charge >= 0.3 is 0 Å². The van der Waals surface area contributed by atoms with Crippen LogP contribution in [0.25, 0.3) is 11.3 Å². The van der Waals surface area contributed by atoms with Gasteiger partial charge in [0.05, 0.1) is 11.7 Å². The molecule has 0 spiro atoms. The first-order valence-electron chi connectivity index (χ1n) is 11.6. The van der Waals surface area contributed by atoms with E-state index in [1.807, 2.05) is 30.3 Å². The third-order valence-electron chi connectivity index (χ3n) is 6.36. The molecule has 184 valence electrons. The highest BCUT2D eigenvalue weighted by molar-refractivity contribution is 5.92. The zero-order valence-electron chi connectivity index (χ0n) is 19.3. The molecule has 2 aliphatic rings. The number of pyridine rings is 1. The van der Waals surface area contributed by atoms with Crippen molar-refractivity contribution in [3.63, 3.8) is 0 Å². The zero-order chi connectivity index (χ0) is 23.8. The van der Waals surface area contributed by atoms with Gasteiger partial charge in [0.15, 0.2) is 5.69 Å². The second kappa shape index (κ2) is 9.99. The average molecular weight is 507 g/mol. The van der Waals surface area contributed by atoms with Gasteiger partial charge in [-0.1, -0.05) is 24.3 Å². The van der Waals surface area contributed by atoms with Gasteiger partial charge < -0.3 is 14.8 Å². The highest BCUT2D eigenvalue weighted by Crippen LogP contribution is 2.33. The predicted octanol–water partition coefficient (Wildman–Crippen LogP) is 4.76. The molecule has 1 unspecified atom stereocenters. The molecule has 0 saturated carbocycles. The second-order valence-electron chi connectivity index (χ2n) is 8.73. The van der Waals surface area contributed by atoms with Gasteiger partial charge in [-0.05, 0) is 48.4 Å². The van der Waals surface area contributed by atoms with Crippen molar-refractivity contribution in [1.82, 2.24) is 20.1 Å². The quantitative estimate of drug-likeness (QED) is 0.431. The van der Waals surface area contributed by atoms with Crippen LogP contribution >= 0.6 is 12.4 Å². The Hall–Kier alpha value is -3.91. The van der Waals surface area contributed by atoms with E-state index < -0.39 is 6.10 Å². The van der Waals surface area contributed by atoms with Gasteiger partial charge in [0.25, 0.3) is 5.91 Å². The highest BCUT2D eigenvalue weighted by Gasteiger charge is 2.28. The number of hydrogen-bond acceptors (Lipinski definition) is 5. The van der Waals surface area contributed by atoms with Crippen LogP contribution in [-0.2, 0) is 13.0 Å². The van der Waals surface area contributed by atoms with Crippen molar-refractivity contribution in [2.75, 3.05) is 6.61 Å². The second-order valence-corrected chi connectivity index (χ2v) is 8.73. The van der Waals surface area contributed by atoms with Gasteiger partial charge in [-0.15, -0.1) is 12.4 Å². The van der Waals surface area contributed by atoms with Crippen molar-refractivity contribution in [1.29, 1.82) is 0 Å². The molecule has 4 aromatic rings. The third kappa shape index (κ3) is 4.64. The van der Waals surface area contributed by atoms with Crippen molar-refractivity contribution in [3.8, 4) is 22.9 Å². The minimum absolute atomic E-state index is 0. The summed E-state index contributed by atoms with van der Waals surface area (Å²) < 4.78 is 27.7. The van der Waals surface area contributed by atoms with Crippen molar-refractivity contribution in [2.24, 2.45) is 0 Å². The Morgan fingerprint density at radius 3 is 2.78 bits per heavy atom. The molecule has 1 N–H and O–H groups in total. The van der Waals surface area contributed by atoms with E-state index >= 15 is 0 Å². The van der Waals surface area contributed by atoms with Gasteiger partial charge in [0.1, 0.15) is 24.3 Å². The molecule has 2 aliphatic heterocycles. The lowest BCUT2D eigenvalue weighted by molar-refractivity contribution is 0.0909. The Labute approximate surface area is 213 Å². The Morgan fingerprint density at radius 2 is 1.94 bits per heavy atom. The molecule has 0 aliphatic carbocycles. The summed E-state index contributed by atoms with van der Waals surface area (Å²) in [5.74, 6) is 0.684. The minimum Gasteiger partial charge on any atom is -0.491 e. The fourth-order valence-electron chi connectivity index (χ4n) is 4.60. The summed E-state index contributed by atoms with van der Waals surface area (Å²) >= 11 is 0. The number of benzene rings is 2. The van der Waals surface area contributed by atoms with Crippen LogP contribution in [0.2, 0.25) is 0 Å². The number of nitrogens with zero attached hydrogens (tertiary/aromatic N) is 3. The molecule has 2 aromatic heterocycles. The lowest BCUT2D eigenvalue weighted by Gasteiger charge is -2.26. The van der Waals surface area contributed by atoms with Crippen molar-refractivity contribution < 1.29 is 18.7 Å². The topological polar surface area (TPSA) is 78.3 Å². The van der Waals surface area contributed by atoms with E-state index in [0.29, 0.717) is 37.4 Å². The number of ether oxygens (including phenoxy) is 2. The van der Waals surface area contributed by atoms with E-state index in [1.165, 1.54) is 6.07 Å². The summed E-state index contributed by atoms with van der Waals surface area (Å²) in [6.45, 7) is 0.916. The molecule has 0 fully saturated rings. The molecule has 0 radical (unpaired) electrons. The number of carbonyl (C=O) groups excluding carboxylic acids is 1. The minimum atomic E-state index is -0.409. The number of halogens is 2. The number of amides is 1. The molecule has 0 bridgehead atoms. The molecule has 7 nitrogen and oxygen atoms in total. The first kappa shape index (κ1) is 23.8. The number of fused-ring (bicyclic) bond motifs is 2. The summed E-state index contributed by atoms with van der Waals surface area (Å²) in [5, 5.41) is 7.43. The van der Waals surface area contributed by atoms with E-state index in [4.69, 9.17) is 9.47 Å². The van der Waals surface area contributed by atoms with Crippen LogP contribution in [0.3, 0.4) is 0 Å². The molecular weight excluding hydrogens is 483 g/mol.